The molecule has 5 rings (SSSR count). The predicted octanol–water partition coefficient (Wildman–Crippen LogP) is 5.19. The van der Waals surface area contributed by atoms with Crippen molar-refractivity contribution in [1.82, 2.24) is 4.98 Å². The number of hydrogen-bond donors (Lipinski definition) is 1. The maximum atomic E-state index is 13.8. The largest absolute Gasteiger partial charge is 0.487 e. The van der Waals surface area contributed by atoms with Crippen LogP contribution in [0.4, 0.5) is 10.1 Å². The number of carbonyl (C=O) groups excluding carboxylic acids is 1. The molecule has 5 heteroatoms. The molecule has 1 unspecified atom stereocenters. The molecule has 0 bridgehead atoms. The number of ether oxygens (including phenoxy) is 1. The first-order chi connectivity index (χ1) is 13.6. The molecule has 3 aromatic rings. The van der Waals surface area contributed by atoms with Crippen molar-refractivity contribution in [1.29, 1.82) is 0 Å². The molecule has 1 amide bonds. The van der Waals surface area contributed by atoms with Gasteiger partial charge in [0.2, 0.25) is 5.91 Å². The van der Waals surface area contributed by atoms with Crippen molar-refractivity contribution < 1.29 is 13.9 Å². The van der Waals surface area contributed by atoms with Gasteiger partial charge in [-0.1, -0.05) is 6.07 Å². The zero-order chi connectivity index (χ0) is 19.1. The van der Waals surface area contributed by atoms with Crippen LogP contribution in [0.25, 0.3) is 10.9 Å². The third-order valence-electron chi connectivity index (χ3n) is 5.94. The van der Waals surface area contributed by atoms with Gasteiger partial charge in [0.15, 0.2) is 0 Å². The van der Waals surface area contributed by atoms with Gasteiger partial charge >= 0.3 is 0 Å². The molecule has 1 aliphatic heterocycles. The number of rotatable bonds is 3. The Morgan fingerprint density at radius 1 is 1.21 bits per heavy atom. The lowest BCUT2D eigenvalue weighted by Gasteiger charge is -2.48. The first-order valence-corrected chi connectivity index (χ1v) is 9.73. The van der Waals surface area contributed by atoms with Gasteiger partial charge in [0, 0.05) is 35.2 Å². The van der Waals surface area contributed by atoms with Crippen LogP contribution in [0.5, 0.6) is 5.75 Å². The summed E-state index contributed by atoms with van der Waals surface area (Å²) in [6.07, 6.45) is 5.96. The fraction of sp³-hybridized carbons (Fsp3) is 0.304. The molecule has 1 spiro atoms. The summed E-state index contributed by atoms with van der Waals surface area (Å²) in [5, 5.41) is 3.97. The maximum absolute atomic E-state index is 13.8. The van der Waals surface area contributed by atoms with E-state index in [9.17, 15) is 9.18 Å². The number of fused-ring (bicyclic) bond motifs is 2. The number of anilines is 1. The van der Waals surface area contributed by atoms with Gasteiger partial charge in [-0.05, 0) is 68.1 Å². The number of aromatic nitrogens is 1. The summed E-state index contributed by atoms with van der Waals surface area (Å²) < 4.78 is 20.0. The second-order valence-corrected chi connectivity index (χ2v) is 7.89. The quantitative estimate of drug-likeness (QED) is 0.684. The third kappa shape index (κ3) is 3.11. The molecule has 1 atom stereocenters. The van der Waals surface area contributed by atoms with Crippen LogP contribution in [0.15, 0.2) is 54.7 Å². The zero-order valence-electron chi connectivity index (χ0n) is 15.5. The van der Waals surface area contributed by atoms with Crippen LogP contribution >= 0.6 is 0 Å². The van der Waals surface area contributed by atoms with Crippen LogP contribution in [-0.2, 0) is 4.79 Å². The zero-order valence-corrected chi connectivity index (χ0v) is 15.5. The molecule has 2 aromatic carbocycles. The van der Waals surface area contributed by atoms with E-state index in [0.717, 1.165) is 53.6 Å². The minimum absolute atomic E-state index is 0.0399. The van der Waals surface area contributed by atoms with Gasteiger partial charge in [-0.3, -0.25) is 9.78 Å². The van der Waals surface area contributed by atoms with Crippen molar-refractivity contribution in [3.63, 3.8) is 0 Å². The highest BCUT2D eigenvalue weighted by atomic mass is 19.1. The van der Waals surface area contributed by atoms with E-state index in [1.165, 1.54) is 12.1 Å². The van der Waals surface area contributed by atoms with Crippen LogP contribution in [0, 0.1) is 5.82 Å². The van der Waals surface area contributed by atoms with Crippen molar-refractivity contribution >= 4 is 22.5 Å². The summed E-state index contributed by atoms with van der Waals surface area (Å²) >= 11 is 0. The van der Waals surface area contributed by atoms with Crippen LogP contribution in [0.3, 0.4) is 0 Å². The molecular weight excluding hydrogens is 355 g/mol. The first-order valence-electron chi connectivity index (χ1n) is 9.73. The molecule has 1 saturated carbocycles. The summed E-state index contributed by atoms with van der Waals surface area (Å²) in [5.41, 5.74) is 2.26. The molecule has 4 nitrogen and oxygen atoms in total. The van der Waals surface area contributed by atoms with Crippen molar-refractivity contribution in [2.24, 2.45) is 0 Å². The van der Waals surface area contributed by atoms with Crippen LogP contribution in [0.2, 0.25) is 0 Å². The topological polar surface area (TPSA) is 51.2 Å². The van der Waals surface area contributed by atoms with Gasteiger partial charge in [0.05, 0.1) is 5.52 Å². The number of benzene rings is 2. The van der Waals surface area contributed by atoms with E-state index < -0.39 is 0 Å². The second-order valence-electron chi connectivity index (χ2n) is 7.89. The Morgan fingerprint density at radius 3 is 2.93 bits per heavy atom. The number of nitrogens with zero attached hydrogens (tertiary/aromatic N) is 1. The smallest absolute Gasteiger partial charge is 0.224 e. The molecular formula is C23H21FN2O2. The van der Waals surface area contributed by atoms with E-state index in [4.69, 9.17) is 4.74 Å². The van der Waals surface area contributed by atoms with Gasteiger partial charge in [-0.15, -0.1) is 0 Å². The normalized spacial score (nSPS) is 19.5. The number of halogens is 1. The van der Waals surface area contributed by atoms with E-state index in [2.05, 4.69) is 10.3 Å². The fourth-order valence-corrected chi connectivity index (χ4v) is 4.41. The number of amides is 1. The lowest BCUT2D eigenvalue weighted by molar-refractivity contribution is -0.117. The average Bonchev–Trinajstić information content (AvgIpc) is 2.67. The number of hydrogen-bond acceptors (Lipinski definition) is 3. The lowest BCUT2D eigenvalue weighted by Crippen LogP contribution is -2.47. The molecule has 0 radical (unpaired) electrons. The Bertz CT molecular complexity index is 1060. The van der Waals surface area contributed by atoms with Crippen molar-refractivity contribution in [2.45, 2.75) is 43.6 Å². The SMILES string of the molecule is O=C(CC1CC2(CCC2)Oc2ccc(F)cc21)Nc1ccc2ncccc2c1. The molecule has 2 heterocycles. The van der Waals surface area contributed by atoms with E-state index in [-0.39, 0.29) is 23.2 Å². The van der Waals surface area contributed by atoms with Gasteiger partial charge in [0.25, 0.3) is 0 Å². The summed E-state index contributed by atoms with van der Waals surface area (Å²) in [4.78, 5) is 17.1. The average molecular weight is 376 g/mol. The second kappa shape index (κ2) is 6.59. The molecule has 28 heavy (non-hydrogen) atoms. The summed E-state index contributed by atoms with van der Waals surface area (Å²) in [5.74, 6) is 0.322. The van der Waals surface area contributed by atoms with Crippen LogP contribution in [0.1, 0.15) is 43.6 Å². The van der Waals surface area contributed by atoms with E-state index in [1.807, 2.05) is 30.3 Å². The molecule has 0 saturated heterocycles. The number of nitrogens with one attached hydrogen (secondary N) is 1. The van der Waals surface area contributed by atoms with Crippen molar-refractivity contribution in [2.75, 3.05) is 5.32 Å². The van der Waals surface area contributed by atoms with Crippen molar-refractivity contribution in [3.8, 4) is 5.75 Å². The van der Waals surface area contributed by atoms with Gasteiger partial charge in [-0.2, -0.15) is 0 Å². The fourth-order valence-electron chi connectivity index (χ4n) is 4.41. The Hall–Kier alpha value is -2.95. The molecule has 2 aliphatic rings. The van der Waals surface area contributed by atoms with Crippen molar-refractivity contribution in [3.05, 3.63) is 66.1 Å². The highest BCUT2D eigenvalue weighted by Gasteiger charge is 2.45. The summed E-state index contributed by atoms with van der Waals surface area (Å²) in [7, 11) is 0. The Morgan fingerprint density at radius 2 is 2.11 bits per heavy atom. The highest BCUT2D eigenvalue weighted by molar-refractivity contribution is 5.94. The Labute approximate surface area is 162 Å². The molecule has 1 aliphatic carbocycles. The minimum atomic E-state index is -0.292. The number of pyridine rings is 1. The molecule has 1 aromatic heterocycles. The maximum Gasteiger partial charge on any atom is 0.224 e. The molecule has 1 N–H and O–H groups in total. The lowest BCUT2D eigenvalue weighted by atomic mass is 9.70. The van der Waals surface area contributed by atoms with Crippen LogP contribution < -0.4 is 10.1 Å². The van der Waals surface area contributed by atoms with Gasteiger partial charge < -0.3 is 10.1 Å². The predicted molar refractivity (Wildman–Crippen MR) is 106 cm³/mol. The Kier molecular flexibility index (Phi) is 4.04. The van der Waals surface area contributed by atoms with E-state index >= 15 is 0 Å². The standard InChI is InChI=1S/C23H21FN2O2/c24-17-4-7-21-19(13-17)16(14-23(28-21)8-2-9-23)12-22(27)26-18-5-6-20-15(11-18)3-1-10-25-20/h1,3-7,10-11,13,16H,2,8-9,12,14H2,(H,26,27). The number of carbonyl (C=O) groups is 1. The van der Waals surface area contributed by atoms with Crippen LogP contribution in [-0.4, -0.2) is 16.5 Å². The van der Waals surface area contributed by atoms with Gasteiger partial charge in [0.1, 0.15) is 17.2 Å². The minimum Gasteiger partial charge on any atom is -0.487 e. The summed E-state index contributed by atoms with van der Waals surface area (Å²) in [6.45, 7) is 0. The highest BCUT2D eigenvalue weighted by Crippen LogP contribution is 2.50. The Balaban J connectivity index is 1.37. The third-order valence-corrected chi connectivity index (χ3v) is 5.94. The molecule has 142 valence electrons. The molecule has 1 fully saturated rings. The van der Waals surface area contributed by atoms with E-state index in [1.54, 1.807) is 12.3 Å². The summed E-state index contributed by atoms with van der Waals surface area (Å²) in [6, 6.07) is 14.2. The van der Waals surface area contributed by atoms with E-state index in [0.29, 0.717) is 6.42 Å². The monoisotopic (exact) mass is 376 g/mol. The first kappa shape index (κ1) is 17.2. The van der Waals surface area contributed by atoms with Gasteiger partial charge in [-0.25, -0.2) is 4.39 Å².